The number of nitrogens with zero attached hydrogens (tertiary/aromatic N) is 2. The Hall–Kier alpha value is -2.93. The van der Waals surface area contributed by atoms with Gasteiger partial charge in [0.2, 0.25) is 0 Å². The predicted octanol–water partition coefficient (Wildman–Crippen LogP) is 4.22. The van der Waals surface area contributed by atoms with Gasteiger partial charge in [0.15, 0.2) is 0 Å². The van der Waals surface area contributed by atoms with Crippen molar-refractivity contribution in [2.75, 3.05) is 14.2 Å². The van der Waals surface area contributed by atoms with E-state index in [9.17, 15) is 5.26 Å². The molecule has 116 valence electrons. The molecule has 0 amide bonds. The fraction of sp³-hybridized carbons (Fsp3) is 0.211. The summed E-state index contributed by atoms with van der Waals surface area (Å²) in [7, 11) is 3.29. The van der Waals surface area contributed by atoms with Crippen molar-refractivity contribution in [3.05, 3.63) is 48.0 Å². The zero-order chi connectivity index (χ0) is 16.4. The summed E-state index contributed by atoms with van der Waals surface area (Å²) in [4.78, 5) is 0. The molecule has 0 aliphatic rings. The third kappa shape index (κ3) is 2.40. The maximum absolute atomic E-state index is 9.71. The Morgan fingerprint density at radius 1 is 1.04 bits per heavy atom. The largest absolute Gasteiger partial charge is 0.497 e. The Labute approximate surface area is 135 Å². The van der Waals surface area contributed by atoms with E-state index in [0.29, 0.717) is 5.56 Å². The Kier molecular flexibility index (Phi) is 3.94. The lowest BCUT2D eigenvalue weighted by atomic mass is 10.1. The minimum Gasteiger partial charge on any atom is -0.497 e. The Morgan fingerprint density at radius 2 is 1.78 bits per heavy atom. The quantitative estimate of drug-likeness (QED) is 0.725. The monoisotopic (exact) mass is 306 g/mol. The van der Waals surface area contributed by atoms with Gasteiger partial charge < -0.3 is 14.0 Å². The average Bonchev–Trinajstić information content (AvgIpc) is 2.94. The van der Waals surface area contributed by atoms with Crippen LogP contribution in [0, 0.1) is 11.3 Å². The summed E-state index contributed by atoms with van der Waals surface area (Å²) in [6.45, 7) is 2.83. The van der Waals surface area contributed by atoms with E-state index >= 15 is 0 Å². The number of fused-ring (bicyclic) bond motifs is 1. The van der Waals surface area contributed by atoms with Gasteiger partial charge in [-0.1, -0.05) is 12.1 Å². The lowest BCUT2D eigenvalue weighted by Gasteiger charge is -2.10. The highest BCUT2D eigenvalue weighted by Gasteiger charge is 2.18. The van der Waals surface area contributed by atoms with Crippen LogP contribution in [-0.2, 0) is 6.54 Å². The lowest BCUT2D eigenvalue weighted by molar-refractivity contribution is 0.415. The molecule has 0 fully saturated rings. The molecule has 3 aromatic rings. The molecule has 0 N–H and O–H groups in total. The van der Waals surface area contributed by atoms with Crippen molar-refractivity contribution in [2.45, 2.75) is 13.5 Å². The average molecular weight is 306 g/mol. The van der Waals surface area contributed by atoms with E-state index in [4.69, 9.17) is 9.47 Å². The van der Waals surface area contributed by atoms with Crippen LogP contribution in [-0.4, -0.2) is 18.8 Å². The molecule has 2 aromatic carbocycles. The molecule has 1 heterocycles. The van der Waals surface area contributed by atoms with Crippen LogP contribution in [0.15, 0.2) is 42.5 Å². The van der Waals surface area contributed by atoms with Gasteiger partial charge in [0, 0.05) is 23.6 Å². The van der Waals surface area contributed by atoms with Crippen molar-refractivity contribution in [3.8, 4) is 28.8 Å². The van der Waals surface area contributed by atoms with Gasteiger partial charge in [-0.3, -0.25) is 0 Å². The van der Waals surface area contributed by atoms with Crippen LogP contribution < -0.4 is 9.47 Å². The van der Waals surface area contributed by atoms with Crippen LogP contribution in [0.2, 0.25) is 0 Å². The van der Waals surface area contributed by atoms with Crippen molar-refractivity contribution in [1.29, 1.82) is 5.26 Å². The van der Waals surface area contributed by atoms with Crippen molar-refractivity contribution in [2.24, 2.45) is 0 Å². The summed E-state index contributed by atoms with van der Waals surface area (Å²) in [5, 5.41) is 10.7. The third-order valence-electron chi connectivity index (χ3n) is 4.04. The highest BCUT2D eigenvalue weighted by atomic mass is 16.5. The molecule has 23 heavy (non-hydrogen) atoms. The predicted molar refractivity (Wildman–Crippen MR) is 90.9 cm³/mol. The van der Waals surface area contributed by atoms with Gasteiger partial charge >= 0.3 is 0 Å². The number of hydrogen-bond acceptors (Lipinski definition) is 3. The molecule has 0 saturated carbocycles. The first-order valence-corrected chi connectivity index (χ1v) is 7.48. The minimum absolute atomic E-state index is 0.678. The summed E-state index contributed by atoms with van der Waals surface area (Å²) >= 11 is 0. The smallest absolute Gasteiger partial charge is 0.120 e. The maximum Gasteiger partial charge on any atom is 0.120 e. The summed E-state index contributed by atoms with van der Waals surface area (Å²) in [6, 6.07) is 16.0. The molecule has 4 heteroatoms. The van der Waals surface area contributed by atoms with E-state index in [1.807, 2.05) is 42.5 Å². The number of benzene rings is 2. The molecule has 4 nitrogen and oxygen atoms in total. The first-order chi connectivity index (χ1) is 11.2. The van der Waals surface area contributed by atoms with E-state index in [0.717, 1.165) is 40.2 Å². The van der Waals surface area contributed by atoms with E-state index in [-0.39, 0.29) is 0 Å². The highest BCUT2D eigenvalue weighted by Crippen LogP contribution is 2.36. The van der Waals surface area contributed by atoms with Crippen LogP contribution in [0.25, 0.3) is 22.2 Å². The van der Waals surface area contributed by atoms with Gasteiger partial charge in [-0.15, -0.1) is 0 Å². The molecular weight excluding hydrogens is 288 g/mol. The maximum atomic E-state index is 9.71. The van der Waals surface area contributed by atoms with Crippen molar-refractivity contribution in [1.82, 2.24) is 4.57 Å². The van der Waals surface area contributed by atoms with Gasteiger partial charge in [0.1, 0.15) is 17.6 Å². The Morgan fingerprint density at radius 3 is 2.43 bits per heavy atom. The minimum atomic E-state index is 0.678. The molecule has 0 bridgehead atoms. The van der Waals surface area contributed by atoms with Crippen LogP contribution in [0.1, 0.15) is 12.5 Å². The van der Waals surface area contributed by atoms with E-state index in [2.05, 4.69) is 17.6 Å². The normalized spacial score (nSPS) is 10.5. The van der Waals surface area contributed by atoms with Crippen LogP contribution >= 0.6 is 0 Å². The number of aryl methyl sites for hydroxylation is 1. The number of hydrogen-bond donors (Lipinski definition) is 0. The molecule has 0 spiro atoms. The number of rotatable bonds is 4. The van der Waals surface area contributed by atoms with Crippen molar-refractivity contribution < 1.29 is 9.47 Å². The fourth-order valence-corrected chi connectivity index (χ4v) is 2.97. The second-order valence-electron chi connectivity index (χ2n) is 5.19. The van der Waals surface area contributed by atoms with E-state index < -0.39 is 0 Å². The van der Waals surface area contributed by atoms with Gasteiger partial charge in [-0.2, -0.15) is 5.26 Å². The molecule has 0 radical (unpaired) electrons. The van der Waals surface area contributed by atoms with Gasteiger partial charge in [-0.25, -0.2) is 0 Å². The first-order valence-electron chi connectivity index (χ1n) is 7.48. The van der Waals surface area contributed by atoms with E-state index in [1.165, 1.54) is 0 Å². The second-order valence-corrected chi connectivity index (χ2v) is 5.19. The van der Waals surface area contributed by atoms with E-state index in [1.54, 1.807) is 14.2 Å². The fourth-order valence-electron chi connectivity index (χ4n) is 2.97. The molecular formula is C19H18N2O2. The number of ether oxygens (including phenoxy) is 2. The first kappa shape index (κ1) is 15.0. The van der Waals surface area contributed by atoms with Gasteiger partial charge in [-0.05, 0) is 31.2 Å². The third-order valence-corrected chi connectivity index (χ3v) is 4.04. The molecule has 0 aliphatic carbocycles. The standard InChI is InChI=1S/C19H18N2O2/c1-4-21-18-11-15(23-3)8-9-16(18)17(12-20)19(21)13-6-5-7-14(10-13)22-2/h5-11H,4H2,1-3H3. The summed E-state index contributed by atoms with van der Waals surface area (Å²) in [6.07, 6.45) is 0. The Bertz CT molecular complexity index is 904. The molecule has 1 aromatic heterocycles. The molecule has 0 atom stereocenters. The Balaban J connectivity index is 2.37. The summed E-state index contributed by atoms with van der Waals surface area (Å²) < 4.78 is 12.8. The molecule has 0 saturated heterocycles. The number of aromatic nitrogens is 1. The summed E-state index contributed by atoms with van der Waals surface area (Å²) in [5.41, 5.74) is 3.56. The molecule has 0 unspecified atom stereocenters. The zero-order valence-electron chi connectivity index (χ0n) is 13.5. The highest BCUT2D eigenvalue weighted by molar-refractivity contribution is 5.95. The zero-order valence-corrected chi connectivity index (χ0v) is 13.5. The summed E-state index contributed by atoms with van der Waals surface area (Å²) in [5.74, 6) is 1.56. The topological polar surface area (TPSA) is 47.2 Å². The van der Waals surface area contributed by atoms with Crippen LogP contribution in [0.3, 0.4) is 0 Å². The van der Waals surface area contributed by atoms with Crippen LogP contribution in [0.5, 0.6) is 11.5 Å². The number of nitriles is 1. The number of methoxy groups -OCH3 is 2. The van der Waals surface area contributed by atoms with Crippen molar-refractivity contribution >= 4 is 10.9 Å². The van der Waals surface area contributed by atoms with Crippen molar-refractivity contribution in [3.63, 3.8) is 0 Å². The molecule has 3 rings (SSSR count). The SMILES string of the molecule is CCn1c(-c2cccc(OC)c2)c(C#N)c2ccc(OC)cc21. The van der Waals surface area contributed by atoms with Gasteiger partial charge in [0.05, 0.1) is 31.0 Å². The van der Waals surface area contributed by atoms with Crippen LogP contribution in [0.4, 0.5) is 0 Å². The van der Waals surface area contributed by atoms with Gasteiger partial charge in [0.25, 0.3) is 0 Å². The molecule has 0 aliphatic heterocycles. The second kappa shape index (κ2) is 6.05. The lowest BCUT2D eigenvalue weighted by Crippen LogP contribution is -1.98.